The van der Waals surface area contributed by atoms with Gasteiger partial charge in [0.25, 0.3) is 0 Å². The molecule has 0 amide bonds. The Hall–Kier alpha value is -2.22. The Bertz CT molecular complexity index is 889. The molecule has 0 fully saturated rings. The molecule has 0 saturated carbocycles. The van der Waals surface area contributed by atoms with Gasteiger partial charge in [-0.05, 0) is 16.8 Å². The molecule has 2 heteroatoms. The highest BCUT2D eigenvalue weighted by Gasteiger charge is 2.10. The van der Waals surface area contributed by atoms with Crippen LogP contribution >= 0.6 is 0 Å². The molecular weight excluding hydrogens is 219 g/mol. The SMILES string of the molecule is [B]c1cccc2c1oc1ccc3ccccc3c12. The lowest BCUT2D eigenvalue weighted by atomic mass is 9.93. The van der Waals surface area contributed by atoms with Gasteiger partial charge in [-0.3, -0.25) is 0 Å². The van der Waals surface area contributed by atoms with Crippen molar-refractivity contribution in [3.05, 3.63) is 54.6 Å². The number of hydrogen-bond acceptors (Lipinski definition) is 1. The van der Waals surface area contributed by atoms with Crippen LogP contribution in [0, 0.1) is 0 Å². The third kappa shape index (κ3) is 1.18. The fourth-order valence-electron chi connectivity index (χ4n) is 2.59. The summed E-state index contributed by atoms with van der Waals surface area (Å²) in [7, 11) is 5.97. The molecule has 4 aromatic rings. The average molecular weight is 228 g/mol. The number of hydrogen-bond donors (Lipinski definition) is 0. The van der Waals surface area contributed by atoms with Crippen LogP contribution < -0.4 is 5.46 Å². The van der Waals surface area contributed by atoms with E-state index in [1.807, 2.05) is 30.3 Å². The van der Waals surface area contributed by atoms with E-state index in [2.05, 4.69) is 24.3 Å². The minimum atomic E-state index is 0.688. The lowest BCUT2D eigenvalue weighted by molar-refractivity contribution is 0.672. The minimum absolute atomic E-state index is 0.688. The lowest BCUT2D eigenvalue weighted by Gasteiger charge is -1.98. The Morgan fingerprint density at radius 1 is 0.778 bits per heavy atom. The van der Waals surface area contributed by atoms with Crippen LogP contribution in [0.1, 0.15) is 0 Å². The smallest absolute Gasteiger partial charge is 0.136 e. The van der Waals surface area contributed by atoms with Gasteiger partial charge in [0.15, 0.2) is 0 Å². The molecule has 0 bridgehead atoms. The van der Waals surface area contributed by atoms with Crippen LogP contribution in [0.3, 0.4) is 0 Å². The standard InChI is InChI=1S/C16H9BO/c17-13-7-3-6-12-15-11-5-2-1-4-10(11)8-9-14(15)18-16(12)13/h1-9H. The fraction of sp³-hybridized carbons (Fsp3) is 0. The van der Waals surface area contributed by atoms with Crippen molar-refractivity contribution in [3.8, 4) is 0 Å². The van der Waals surface area contributed by atoms with E-state index < -0.39 is 0 Å². The first-order chi connectivity index (χ1) is 8.84. The van der Waals surface area contributed by atoms with Crippen LogP contribution in [0.2, 0.25) is 0 Å². The summed E-state index contributed by atoms with van der Waals surface area (Å²) in [5.74, 6) is 0. The molecule has 0 unspecified atom stereocenters. The summed E-state index contributed by atoms with van der Waals surface area (Å²) in [4.78, 5) is 0. The summed E-state index contributed by atoms with van der Waals surface area (Å²) in [5, 5.41) is 4.66. The van der Waals surface area contributed by atoms with Gasteiger partial charge in [0.2, 0.25) is 0 Å². The molecule has 18 heavy (non-hydrogen) atoms. The van der Waals surface area contributed by atoms with Gasteiger partial charge in [-0.15, -0.1) is 0 Å². The van der Waals surface area contributed by atoms with Gasteiger partial charge in [0, 0.05) is 10.8 Å². The molecule has 0 aliphatic rings. The average Bonchev–Trinajstić information content (AvgIpc) is 2.79. The van der Waals surface area contributed by atoms with Crippen LogP contribution in [0.4, 0.5) is 0 Å². The Balaban J connectivity index is 2.37. The molecule has 1 aromatic heterocycles. The molecule has 0 aliphatic heterocycles. The highest BCUT2D eigenvalue weighted by molar-refractivity contribution is 6.39. The summed E-state index contributed by atoms with van der Waals surface area (Å²) >= 11 is 0. The first-order valence-corrected chi connectivity index (χ1v) is 5.93. The van der Waals surface area contributed by atoms with Crippen molar-refractivity contribution in [2.75, 3.05) is 0 Å². The third-order valence-corrected chi connectivity index (χ3v) is 3.42. The molecule has 3 aromatic carbocycles. The highest BCUT2D eigenvalue weighted by Crippen LogP contribution is 2.33. The molecular formula is C16H9BO. The summed E-state index contributed by atoms with van der Waals surface area (Å²) < 4.78 is 5.87. The summed E-state index contributed by atoms with van der Waals surface area (Å²) in [5.41, 5.74) is 2.36. The van der Waals surface area contributed by atoms with E-state index >= 15 is 0 Å². The van der Waals surface area contributed by atoms with Crippen molar-refractivity contribution in [1.29, 1.82) is 0 Å². The van der Waals surface area contributed by atoms with Crippen molar-refractivity contribution in [2.45, 2.75) is 0 Å². The predicted octanol–water partition coefficient (Wildman–Crippen LogP) is 3.53. The molecule has 2 radical (unpaired) electrons. The van der Waals surface area contributed by atoms with Crippen molar-refractivity contribution < 1.29 is 4.42 Å². The molecule has 1 nitrogen and oxygen atoms in total. The quantitative estimate of drug-likeness (QED) is 0.419. The van der Waals surface area contributed by atoms with Crippen LogP contribution in [0.15, 0.2) is 59.0 Å². The Morgan fingerprint density at radius 2 is 1.61 bits per heavy atom. The van der Waals surface area contributed by atoms with Crippen LogP contribution in [0.25, 0.3) is 32.7 Å². The maximum absolute atomic E-state index is 5.97. The van der Waals surface area contributed by atoms with Crippen molar-refractivity contribution in [3.63, 3.8) is 0 Å². The zero-order chi connectivity index (χ0) is 12.1. The van der Waals surface area contributed by atoms with Gasteiger partial charge in [0.1, 0.15) is 19.0 Å². The van der Waals surface area contributed by atoms with Gasteiger partial charge >= 0.3 is 0 Å². The monoisotopic (exact) mass is 228 g/mol. The zero-order valence-corrected chi connectivity index (χ0v) is 9.68. The number of para-hydroxylation sites is 1. The van der Waals surface area contributed by atoms with E-state index in [9.17, 15) is 0 Å². The lowest BCUT2D eigenvalue weighted by Crippen LogP contribution is -2.00. The van der Waals surface area contributed by atoms with E-state index in [1.165, 1.54) is 10.8 Å². The van der Waals surface area contributed by atoms with Crippen molar-refractivity contribution >= 4 is 46.0 Å². The maximum Gasteiger partial charge on any atom is 0.136 e. The van der Waals surface area contributed by atoms with Gasteiger partial charge in [-0.25, -0.2) is 0 Å². The number of rotatable bonds is 0. The first-order valence-electron chi connectivity index (χ1n) is 5.93. The number of benzene rings is 3. The maximum atomic E-state index is 5.97. The molecule has 1 heterocycles. The van der Waals surface area contributed by atoms with Crippen LogP contribution in [-0.4, -0.2) is 7.85 Å². The largest absolute Gasteiger partial charge is 0.457 e. The fourth-order valence-corrected chi connectivity index (χ4v) is 2.59. The normalized spacial score (nSPS) is 11.6. The van der Waals surface area contributed by atoms with Crippen molar-refractivity contribution in [2.24, 2.45) is 0 Å². The van der Waals surface area contributed by atoms with Gasteiger partial charge < -0.3 is 4.42 Å². The highest BCUT2D eigenvalue weighted by atomic mass is 16.3. The van der Waals surface area contributed by atoms with Gasteiger partial charge in [0.05, 0.1) is 0 Å². The molecule has 0 saturated heterocycles. The van der Waals surface area contributed by atoms with E-state index in [0.717, 1.165) is 21.9 Å². The Labute approximate surface area is 105 Å². The van der Waals surface area contributed by atoms with E-state index in [-0.39, 0.29) is 0 Å². The third-order valence-electron chi connectivity index (χ3n) is 3.42. The molecule has 4 rings (SSSR count). The molecule has 0 spiro atoms. The van der Waals surface area contributed by atoms with Gasteiger partial charge in [-0.1, -0.05) is 54.0 Å². The van der Waals surface area contributed by atoms with E-state index in [1.54, 1.807) is 0 Å². The molecule has 0 aliphatic carbocycles. The Kier molecular flexibility index (Phi) is 1.84. The van der Waals surface area contributed by atoms with Crippen LogP contribution in [0.5, 0.6) is 0 Å². The van der Waals surface area contributed by atoms with Crippen molar-refractivity contribution in [1.82, 2.24) is 0 Å². The molecule has 82 valence electrons. The number of furan rings is 1. The van der Waals surface area contributed by atoms with Crippen LogP contribution in [-0.2, 0) is 0 Å². The predicted molar refractivity (Wildman–Crippen MR) is 76.6 cm³/mol. The topological polar surface area (TPSA) is 13.1 Å². The summed E-state index contributed by atoms with van der Waals surface area (Å²) in [6.07, 6.45) is 0. The second-order valence-corrected chi connectivity index (χ2v) is 4.49. The summed E-state index contributed by atoms with van der Waals surface area (Å²) in [6.45, 7) is 0. The minimum Gasteiger partial charge on any atom is -0.457 e. The Morgan fingerprint density at radius 3 is 2.56 bits per heavy atom. The number of fused-ring (bicyclic) bond motifs is 5. The molecule has 0 N–H and O–H groups in total. The van der Waals surface area contributed by atoms with Gasteiger partial charge in [-0.2, -0.15) is 0 Å². The second-order valence-electron chi connectivity index (χ2n) is 4.49. The van der Waals surface area contributed by atoms with E-state index in [0.29, 0.717) is 5.46 Å². The molecule has 0 atom stereocenters. The zero-order valence-electron chi connectivity index (χ0n) is 9.68. The summed E-state index contributed by atoms with van der Waals surface area (Å²) in [6, 6.07) is 18.3. The first kappa shape index (κ1) is 9.78. The van der Waals surface area contributed by atoms with E-state index in [4.69, 9.17) is 12.3 Å². The second kappa shape index (κ2) is 3.39.